The second-order valence-corrected chi connectivity index (χ2v) is 11.9. The Labute approximate surface area is 225 Å². The zero-order valence-electron chi connectivity index (χ0n) is 25.2. The number of rotatable bonds is 31. The summed E-state index contributed by atoms with van der Waals surface area (Å²) in [4.78, 5) is 0. The summed E-state index contributed by atoms with van der Waals surface area (Å²) in [6.07, 6.45) is 45.1. The SMILES string of the molecule is [CH2]CCCC(CCCCCCC)CCCCCCCCCCCCCCCCCCCCCCC. The first kappa shape index (κ1) is 35.0. The maximum Gasteiger partial charge on any atom is -0.0414 e. The normalized spacial score (nSPS) is 12.4. The van der Waals surface area contributed by atoms with Gasteiger partial charge >= 0.3 is 0 Å². The number of unbranched alkanes of at least 4 members (excludes halogenated alkanes) is 25. The predicted molar refractivity (Wildman–Crippen MR) is 163 cm³/mol. The van der Waals surface area contributed by atoms with Crippen LogP contribution in [0.15, 0.2) is 0 Å². The molecule has 1 unspecified atom stereocenters. The molecule has 1 radical (unpaired) electrons. The fourth-order valence-electron chi connectivity index (χ4n) is 5.77. The molecule has 0 aromatic heterocycles. The van der Waals surface area contributed by atoms with Gasteiger partial charge in [0.25, 0.3) is 0 Å². The third-order valence-electron chi connectivity index (χ3n) is 8.29. The van der Waals surface area contributed by atoms with E-state index in [1.54, 1.807) is 0 Å². The molecule has 0 bridgehead atoms. The van der Waals surface area contributed by atoms with Gasteiger partial charge in [-0.15, -0.1) is 0 Å². The molecule has 0 heteroatoms. The summed E-state index contributed by atoms with van der Waals surface area (Å²) >= 11 is 0. The van der Waals surface area contributed by atoms with E-state index in [2.05, 4.69) is 20.8 Å². The van der Waals surface area contributed by atoms with Crippen LogP contribution >= 0.6 is 0 Å². The second-order valence-electron chi connectivity index (χ2n) is 11.9. The summed E-state index contributed by atoms with van der Waals surface area (Å²) in [6, 6.07) is 0. The van der Waals surface area contributed by atoms with Gasteiger partial charge in [0.1, 0.15) is 0 Å². The van der Waals surface area contributed by atoms with Gasteiger partial charge in [-0.3, -0.25) is 0 Å². The fraction of sp³-hybridized carbons (Fsp3) is 0.971. The van der Waals surface area contributed by atoms with Crippen molar-refractivity contribution in [1.29, 1.82) is 0 Å². The Morgan fingerprint density at radius 2 is 0.543 bits per heavy atom. The Morgan fingerprint density at radius 3 is 0.800 bits per heavy atom. The van der Waals surface area contributed by atoms with E-state index in [1.165, 1.54) is 193 Å². The average molecular weight is 492 g/mol. The Hall–Kier alpha value is 0. The Bertz CT molecular complexity index is 346. The van der Waals surface area contributed by atoms with Gasteiger partial charge in [-0.2, -0.15) is 0 Å². The van der Waals surface area contributed by atoms with E-state index in [-0.39, 0.29) is 0 Å². The molecule has 0 nitrogen and oxygen atoms in total. The van der Waals surface area contributed by atoms with Gasteiger partial charge in [-0.05, 0) is 5.92 Å². The summed E-state index contributed by atoms with van der Waals surface area (Å²) in [7, 11) is 0. The minimum atomic E-state index is 0.999. The lowest BCUT2D eigenvalue weighted by molar-refractivity contribution is 0.373. The number of hydrogen-bond acceptors (Lipinski definition) is 0. The third-order valence-corrected chi connectivity index (χ3v) is 8.29. The predicted octanol–water partition coefficient (Wildman–Crippen LogP) is 13.6. The Morgan fingerprint density at radius 1 is 0.314 bits per heavy atom. The molecule has 35 heavy (non-hydrogen) atoms. The molecule has 0 aliphatic heterocycles. The fourth-order valence-corrected chi connectivity index (χ4v) is 5.77. The lowest BCUT2D eigenvalue weighted by atomic mass is 9.90. The molecule has 0 aliphatic rings. The van der Waals surface area contributed by atoms with Gasteiger partial charge in [0.05, 0.1) is 0 Å². The minimum Gasteiger partial charge on any atom is -0.0654 e. The van der Waals surface area contributed by atoms with Gasteiger partial charge in [0, 0.05) is 0 Å². The first-order chi connectivity index (χ1) is 17.3. The lowest BCUT2D eigenvalue weighted by Crippen LogP contribution is -2.01. The highest BCUT2D eigenvalue weighted by molar-refractivity contribution is 4.62. The molecule has 0 aliphatic carbocycles. The van der Waals surface area contributed by atoms with Crippen LogP contribution in [0.4, 0.5) is 0 Å². The summed E-state index contributed by atoms with van der Waals surface area (Å²) in [5, 5.41) is 0. The summed E-state index contributed by atoms with van der Waals surface area (Å²) < 4.78 is 0. The molecular weight excluding hydrogens is 420 g/mol. The van der Waals surface area contributed by atoms with Crippen molar-refractivity contribution in [2.45, 2.75) is 213 Å². The van der Waals surface area contributed by atoms with Crippen LogP contribution in [0, 0.1) is 12.8 Å². The highest BCUT2D eigenvalue weighted by Crippen LogP contribution is 2.24. The second kappa shape index (κ2) is 32.0. The molecule has 0 aromatic rings. The van der Waals surface area contributed by atoms with Crippen molar-refractivity contribution < 1.29 is 0 Å². The van der Waals surface area contributed by atoms with E-state index in [9.17, 15) is 0 Å². The monoisotopic (exact) mass is 492 g/mol. The van der Waals surface area contributed by atoms with Gasteiger partial charge in [0.2, 0.25) is 0 Å². The van der Waals surface area contributed by atoms with Gasteiger partial charge < -0.3 is 0 Å². The van der Waals surface area contributed by atoms with Crippen LogP contribution < -0.4 is 0 Å². The third kappa shape index (κ3) is 30.1. The van der Waals surface area contributed by atoms with E-state index in [0.29, 0.717) is 0 Å². The molecule has 0 rings (SSSR count). The zero-order chi connectivity index (χ0) is 25.5. The minimum absolute atomic E-state index is 0.999. The molecule has 0 fully saturated rings. The van der Waals surface area contributed by atoms with Gasteiger partial charge in [-0.1, -0.05) is 220 Å². The van der Waals surface area contributed by atoms with Crippen LogP contribution in [-0.4, -0.2) is 0 Å². The smallest absolute Gasteiger partial charge is 0.0414 e. The van der Waals surface area contributed by atoms with Crippen molar-refractivity contribution in [1.82, 2.24) is 0 Å². The highest BCUT2D eigenvalue weighted by atomic mass is 14.1. The van der Waals surface area contributed by atoms with Crippen LogP contribution in [0.1, 0.15) is 213 Å². The largest absolute Gasteiger partial charge is 0.0654 e. The van der Waals surface area contributed by atoms with Crippen LogP contribution in [-0.2, 0) is 0 Å². The Kier molecular flexibility index (Phi) is 32.0. The van der Waals surface area contributed by atoms with Crippen LogP contribution in [0.2, 0.25) is 0 Å². The van der Waals surface area contributed by atoms with Crippen molar-refractivity contribution in [2.24, 2.45) is 5.92 Å². The van der Waals surface area contributed by atoms with Crippen molar-refractivity contribution in [3.05, 3.63) is 6.92 Å². The van der Waals surface area contributed by atoms with Crippen LogP contribution in [0.25, 0.3) is 0 Å². The van der Waals surface area contributed by atoms with E-state index >= 15 is 0 Å². The van der Waals surface area contributed by atoms with Crippen LogP contribution in [0.5, 0.6) is 0 Å². The molecule has 0 saturated carbocycles. The maximum absolute atomic E-state index is 4.07. The molecule has 0 aromatic carbocycles. The van der Waals surface area contributed by atoms with Crippen molar-refractivity contribution in [3.8, 4) is 0 Å². The molecule has 1 atom stereocenters. The zero-order valence-corrected chi connectivity index (χ0v) is 25.2. The van der Waals surface area contributed by atoms with E-state index in [4.69, 9.17) is 0 Å². The van der Waals surface area contributed by atoms with Gasteiger partial charge in [0.15, 0.2) is 0 Å². The van der Waals surface area contributed by atoms with Crippen LogP contribution in [0.3, 0.4) is 0 Å². The molecule has 0 N–H and O–H groups in total. The summed E-state index contributed by atoms with van der Waals surface area (Å²) in [5.74, 6) is 0.999. The molecule has 211 valence electrons. The van der Waals surface area contributed by atoms with Crippen molar-refractivity contribution in [3.63, 3.8) is 0 Å². The van der Waals surface area contributed by atoms with Crippen molar-refractivity contribution in [2.75, 3.05) is 0 Å². The Balaban J connectivity index is 3.30. The maximum atomic E-state index is 4.07. The van der Waals surface area contributed by atoms with Gasteiger partial charge in [-0.25, -0.2) is 0 Å². The first-order valence-electron chi connectivity index (χ1n) is 17.1. The van der Waals surface area contributed by atoms with E-state index in [0.717, 1.165) is 12.3 Å². The molecule has 0 heterocycles. The molecule has 0 spiro atoms. The van der Waals surface area contributed by atoms with Crippen molar-refractivity contribution >= 4 is 0 Å². The highest BCUT2D eigenvalue weighted by Gasteiger charge is 2.08. The molecule has 0 saturated heterocycles. The average Bonchev–Trinajstić information content (AvgIpc) is 2.87. The lowest BCUT2D eigenvalue weighted by Gasteiger charge is -2.16. The molecular formula is C35H71. The van der Waals surface area contributed by atoms with E-state index < -0.39 is 0 Å². The first-order valence-corrected chi connectivity index (χ1v) is 17.1. The topological polar surface area (TPSA) is 0 Å². The van der Waals surface area contributed by atoms with E-state index in [1.807, 2.05) is 0 Å². The molecule has 0 amide bonds. The summed E-state index contributed by atoms with van der Waals surface area (Å²) in [5.41, 5.74) is 0. The summed E-state index contributed by atoms with van der Waals surface area (Å²) in [6.45, 7) is 8.69. The standard InChI is InChI=1S/C35H71/c1-4-7-10-12-13-14-15-16-17-18-19-20-21-22-23-24-25-26-27-29-31-34-35(32-9-6-3)33-30-28-11-8-5-2/h35H,3-34H2,1-2H3. The number of hydrogen-bond donors (Lipinski definition) is 0. The quantitative estimate of drug-likeness (QED) is 0.0845.